The normalized spacial score (nSPS) is 25.9. The minimum absolute atomic E-state index is 0.0192. The molecule has 0 aromatic rings. The Morgan fingerprint density at radius 2 is 2.08 bits per heavy atom. The number of hydrogen-bond acceptors (Lipinski definition) is 7. The maximum Gasteiger partial charge on any atom is 0.410 e. The molecule has 0 saturated carbocycles. The predicted molar refractivity (Wildman–Crippen MR) is 92.0 cm³/mol. The summed E-state index contributed by atoms with van der Waals surface area (Å²) in [4.78, 5) is 13.5. The summed E-state index contributed by atoms with van der Waals surface area (Å²) in [7, 11) is -7.73. The third kappa shape index (κ3) is 3.35. The van der Waals surface area contributed by atoms with Crippen molar-refractivity contribution < 1.29 is 26.4 Å². The Kier molecular flexibility index (Phi) is 5.38. The number of ether oxygens (including phenoxy) is 1. The SMILES string of the molecule is CCOC(=O)N(CC)[C@H]1C=C(S(N)(=O)=O)SC2=C1C[C@H](C)S2(=O)=O. The number of carbonyl (C=O) groups excluding carboxylic acids is 1. The van der Waals surface area contributed by atoms with Crippen molar-refractivity contribution in [2.75, 3.05) is 13.2 Å². The van der Waals surface area contributed by atoms with Gasteiger partial charge in [0.05, 0.1) is 17.9 Å². The Morgan fingerprint density at radius 3 is 2.58 bits per heavy atom. The van der Waals surface area contributed by atoms with Crippen LogP contribution in [0.3, 0.4) is 0 Å². The summed E-state index contributed by atoms with van der Waals surface area (Å²) in [5.41, 5.74) is 0.509. The Morgan fingerprint density at radius 1 is 1.46 bits per heavy atom. The molecule has 136 valence electrons. The van der Waals surface area contributed by atoms with E-state index in [9.17, 15) is 21.6 Å². The van der Waals surface area contributed by atoms with Crippen LogP contribution in [0.5, 0.6) is 0 Å². The zero-order chi connectivity index (χ0) is 18.3. The van der Waals surface area contributed by atoms with Crippen LogP contribution in [0.1, 0.15) is 27.2 Å². The zero-order valence-corrected chi connectivity index (χ0v) is 16.0. The fourth-order valence-corrected chi connectivity index (χ4v) is 7.13. The zero-order valence-electron chi connectivity index (χ0n) is 13.6. The number of rotatable bonds is 4. The lowest BCUT2D eigenvalue weighted by atomic mass is 10.0. The highest BCUT2D eigenvalue weighted by Gasteiger charge is 2.45. The van der Waals surface area contributed by atoms with Gasteiger partial charge in [-0.05, 0) is 38.8 Å². The molecule has 0 bridgehead atoms. The summed E-state index contributed by atoms with van der Waals surface area (Å²) in [5.74, 6) is 0. The van der Waals surface area contributed by atoms with Crippen LogP contribution >= 0.6 is 11.8 Å². The van der Waals surface area contributed by atoms with Gasteiger partial charge in [-0.15, -0.1) is 0 Å². The molecule has 0 radical (unpaired) electrons. The second kappa shape index (κ2) is 6.70. The van der Waals surface area contributed by atoms with Crippen LogP contribution in [0.4, 0.5) is 4.79 Å². The fourth-order valence-electron chi connectivity index (χ4n) is 2.66. The molecule has 11 heteroatoms. The first-order valence-electron chi connectivity index (χ1n) is 7.36. The van der Waals surface area contributed by atoms with Crippen LogP contribution in [0.2, 0.25) is 0 Å². The molecule has 8 nitrogen and oxygen atoms in total. The van der Waals surface area contributed by atoms with Crippen molar-refractivity contribution in [1.82, 2.24) is 4.90 Å². The van der Waals surface area contributed by atoms with Crippen molar-refractivity contribution >= 4 is 37.7 Å². The number of sulfonamides is 1. The van der Waals surface area contributed by atoms with Gasteiger partial charge in [-0.2, -0.15) is 0 Å². The van der Waals surface area contributed by atoms with E-state index in [1.54, 1.807) is 20.8 Å². The first kappa shape index (κ1) is 19.3. The van der Waals surface area contributed by atoms with Crippen LogP contribution in [-0.2, 0) is 24.6 Å². The van der Waals surface area contributed by atoms with Crippen molar-refractivity contribution in [3.05, 3.63) is 20.1 Å². The Labute approximate surface area is 146 Å². The minimum Gasteiger partial charge on any atom is -0.450 e. The van der Waals surface area contributed by atoms with Gasteiger partial charge in [-0.25, -0.2) is 26.8 Å². The van der Waals surface area contributed by atoms with Gasteiger partial charge < -0.3 is 4.74 Å². The van der Waals surface area contributed by atoms with Gasteiger partial charge in [-0.1, -0.05) is 11.8 Å². The highest BCUT2D eigenvalue weighted by Crippen LogP contribution is 2.48. The number of nitrogens with two attached hydrogens (primary N) is 1. The average molecular weight is 397 g/mol. The van der Waals surface area contributed by atoms with Gasteiger partial charge in [0.2, 0.25) is 10.0 Å². The monoisotopic (exact) mass is 396 g/mol. The summed E-state index contributed by atoms with van der Waals surface area (Å²) < 4.78 is 53.2. The molecule has 0 unspecified atom stereocenters. The fraction of sp³-hybridized carbons (Fsp3) is 0.615. The molecule has 24 heavy (non-hydrogen) atoms. The average Bonchev–Trinajstić information content (AvgIpc) is 2.70. The van der Waals surface area contributed by atoms with E-state index in [-0.39, 0.29) is 28.0 Å². The van der Waals surface area contributed by atoms with Crippen molar-refractivity contribution in [3.63, 3.8) is 0 Å². The van der Waals surface area contributed by atoms with E-state index in [1.807, 2.05) is 0 Å². The molecule has 2 aliphatic heterocycles. The molecule has 2 N–H and O–H groups in total. The first-order valence-corrected chi connectivity index (χ1v) is 11.3. The van der Waals surface area contributed by atoms with E-state index >= 15 is 0 Å². The lowest BCUT2D eigenvalue weighted by Gasteiger charge is -2.31. The maximum atomic E-state index is 12.5. The number of carbonyl (C=O) groups is 1. The van der Waals surface area contributed by atoms with Crippen LogP contribution < -0.4 is 5.14 Å². The molecule has 2 atom stereocenters. The van der Waals surface area contributed by atoms with Crippen molar-refractivity contribution in [2.24, 2.45) is 5.14 Å². The molecule has 0 spiro atoms. The maximum absolute atomic E-state index is 12.5. The topological polar surface area (TPSA) is 124 Å². The van der Waals surface area contributed by atoms with E-state index in [0.29, 0.717) is 17.3 Å². The summed E-state index contributed by atoms with van der Waals surface area (Å²) in [6.07, 6.45) is 0.928. The summed E-state index contributed by atoms with van der Waals surface area (Å²) in [6.45, 7) is 5.30. The summed E-state index contributed by atoms with van der Waals surface area (Å²) >= 11 is 0.637. The second-order valence-electron chi connectivity index (χ2n) is 5.43. The number of sulfone groups is 1. The van der Waals surface area contributed by atoms with E-state index in [4.69, 9.17) is 9.88 Å². The Hall–Kier alpha value is -1.04. The highest BCUT2D eigenvalue weighted by molar-refractivity contribution is 8.27. The van der Waals surface area contributed by atoms with Gasteiger partial charge in [0.15, 0.2) is 9.84 Å². The molecule has 0 aromatic carbocycles. The van der Waals surface area contributed by atoms with Gasteiger partial charge in [-0.3, -0.25) is 4.90 Å². The van der Waals surface area contributed by atoms with Crippen LogP contribution in [0, 0.1) is 0 Å². The smallest absolute Gasteiger partial charge is 0.410 e. The Balaban J connectivity index is 2.58. The number of hydrogen-bond donors (Lipinski definition) is 1. The number of amides is 1. The minimum atomic E-state index is -4.10. The third-order valence-electron chi connectivity index (χ3n) is 3.86. The van der Waals surface area contributed by atoms with Crippen LogP contribution in [-0.4, -0.2) is 52.3 Å². The second-order valence-corrected chi connectivity index (χ2v) is 10.8. The van der Waals surface area contributed by atoms with Gasteiger partial charge >= 0.3 is 6.09 Å². The van der Waals surface area contributed by atoms with Crippen LogP contribution in [0.15, 0.2) is 20.1 Å². The van der Waals surface area contributed by atoms with E-state index in [0.717, 1.165) is 0 Å². The molecular formula is C13H20N2O6S3. The van der Waals surface area contributed by atoms with E-state index in [2.05, 4.69) is 0 Å². The van der Waals surface area contributed by atoms with Crippen molar-refractivity contribution in [2.45, 2.75) is 38.5 Å². The Bertz CT molecular complexity index is 813. The number of likely N-dealkylation sites (N-methyl/N-ethyl adjacent to an activating group) is 1. The first-order chi connectivity index (χ1) is 11.0. The molecule has 2 rings (SSSR count). The molecular weight excluding hydrogens is 376 g/mol. The molecule has 0 fully saturated rings. The van der Waals surface area contributed by atoms with E-state index < -0.39 is 37.2 Å². The lowest BCUT2D eigenvalue weighted by molar-refractivity contribution is 0.104. The van der Waals surface area contributed by atoms with Crippen molar-refractivity contribution in [3.8, 4) is 0 Å². The third-order valence-corrected chi connectivity index (χ3v) is 9.24. The summed E-state index contributed by atoms with van der Waals surface area (Å²) in [6, 6.07) is -0.807. The molecule has 2 heterocycles. The van der Waals surface area contributed by atoms with Crippen LogP contribution in [0.25, 0.3) is 0 Å². The number of nitrogens with zero attached hydrogens (tertiary/aromatic N) is 1. The molecule has 0 aromatic heterocycles. The van der Waals surface area contributed by atoms with E-state index in [1.165, 1.54) is 11.0 Å². The number of primary sulfonamides is 1. The van der Waals surface area contributed by atoms with Gasteiger partial charge in [0.25, 0.3) is 0 Å². The molecule has 1 amide bonds. The molecule has 2 aliphatic rings. The number of thioether (sulfide) groups is 1. The van der Waals surface area contributed by atoms with Crippen molar-refractivity contribution in [1.29, 1.82) is 0 Å². The molecule has 0 aliphatic carbocycles. The highest BCUT2D eigenvalue weighted by atomic mass is 32.3. The van der Waals surface area contributed by atoms with Gasteiger partial charge in [0, 0.05) is 6.54 Å². The van der Waals surface area contributed by atoms with Gasteiger partial charge in [0.1, 0.15) is 8.47 Å². The lowest BCUT2D eigenvalue weighted by Crippen LogP contribution is -2.42. The predicted octanol–water partition coefficient (Wildman–Crippen LogP) is 1.13. The summed E-state index contributed by atoms with van der Waals surface area (Å²) in [5, 5.41) is 4.51. The standard InChI is InChI=1S/C13H20N2O6S3/c1-4-15(13(16)21-5-2)10-7-11(24(14,19)20)22-12-9(10)6-8(3)23(12,17)18/h7-8,10H,4-6H2,1-3H3,(H2,14,19,20)/t8-,10-/m0/s1. The molecule has 0 saturated heterocycles. The largest absolute Gasteiger partial charge is 0.450 e. The quantitative estimate of drug-likeness (QED) is 0.755.